The van der Waals surface area contributed by atoms with E-state index in [0.29, 0.717) is 32.5 Å². The summed E-state index contributed by atoms with van der Waals surface area (Å²) in [6.07, 6.45) is 11.5. The van der Waals surface area contributed by atoms with Gasteiger partial charge in [-0.25, -0.2) is 0 Å². The van der Waals surface area contributed by atoms with Gasteiger partial charge in [-0.1, -0.05) is 81.3 Å². The van der Waals surface area contributed by atoms with E-state index in [0.717, 1.165) is 24.8 Å². The Morgan fingerprint density at radius 3 is 2.41 bits per heavy atom. The molecule has 2 fully saturated rings. The number of likely N-dealkylation sites (tertiary alicyclic amines) is 1. The molecule has 1 unspecified atom stereocenters. The lowest BCUT2D eigenvalue weighted by Crippen LogP contribution is -2.59. The molecular formula is C31H41N3O5. The van der Waals surface area contributed by atoms with Gasteiger partial charge < -0.3 is 24.5 Å². The van der Waals surface area contributed by atoms with E-state index >= 15 is 0 Å². The van der Waals surface area contributed by atoms with Crippen molar-refractivity contribution < 1.29 is 24.2 Å². The molecule has 5 rings (SSSR count). The Balaban J connectivity index is 1.63. The Hall–Kier alpha value is -2.97. The second kappa shape index (κ2) is 10.9. The topological polar surface area (TPSA) is 90.4 Å². The number of hydrogen-bond acceptors (Lipinski definition) is 5. The number of carbonyl (C=O) groups is 3. The summed E-state index contributed by atoms with van der Waals surface area (Å²) in [5.41, 5.74) is -1.32. The van der Waals surface area contributed by atoms with Crippen LogP contribution in [0.1, 0.15) is 45.1 Å². The molecule has 2 saturated heterocycles. The molecule has 3 amide bonds. The Bertz CT molecular complexity index is 1150. The standard InChI is InChI=1S/C31H41N3O5/c1-4-6-10-18-33-19-12-16-31-25(24-27(36)32(3)17-11-15-30(24,5-2)39-31)28(37)34(26(31)29(33)38)23(21-35)20-22-13-8-7-9-14-22/h7-9,11-16,23-26,35H,4-6,10,17-21H2,1-3H3/t23-,24-,25+,26?,30+,31+/m1/s1. The number of likely N-dealkylation sites (N-methyl/N-ethyl adjacent to an activating group) is 1. The molecule has 6 atom stereocenters. The number of benzene rings is 1. The summed E-state index contributed by atoms with van der Waals surface area (Å²) >= 11 is 0. The molecule has 39 heavy (non-hydrogen) atoms. The molecule has 0 aromatic heterocycles. The number of unbranched alkanes of at least 4 members (excludes halogenated alkanes) is 2. The smallest absolute Gasteiger partial charge is 0.249 e. The van der Waals surface area contributed by atoms with Crippen LogP contribution in [0.4, 0.5) is 0 Å². The summed E-state index contributed by atoms with van der Waals surface area (Å²) in [7, 11) is 1.74. The van der Waals surface area contributed by atoms with E-state index in [4.69, 9.17) is 4.74 Å². The number of carbonyl (C=O) groups excluding carboxylic acids is 3. The molecule has 1 aromatic carbocycles. The highest BCUT2D eigenvalue weighted by Gasteiger charge is 2.75. The van der Waals surface area contributed by atoms with Gasteiger partial charge in [-0.2, -0.15) is 0 Å². The van der Waals surface area contributed by atoms with Gasteiger partial charge in [0.15, 0.2) is 0 Å². The van der Waals surface area contributed by atoms with E-state index in [-0.39, 0.29) is 24.3 Å². The minimum Gasteiger partial charge on any atom is -0.394 e. The van der Waals surface area contributed by atoms with Crippen LogP contribution in [0.5, 0.6) is 0 Å². The van der Waals surface area contributed by atoms with Gasteiger partial charge in [0.2, 0.25) is 17.7 Å². The van der Waals surface area contributed by atoms with Crippen molar-refractivity contribution in [3.63, 3.8) is 0 Å². The SMILES string of the molecule is CCCCCN1CC=C[C@]23O[C@@]4(CC)C=CCN(C)C(=O)[C@H]4[C@H]2C(=O)N([C@@H](CO)Cc2ccccc2)C3C1=O. The fraction of sp³-hybridized carbons (Fsp3) is 0.581. The minimum atomic E-state index is -1.30. The van der Waals surface area contributed by atoms with Crippen molar-refractivity contribution in [3.8, 4) is 0 Å². The zero-order chi connectivity index (χ0) is 27.8. The average Bonchev–Trinajstić information content (AvgIpc) is 3.25. The van der Waals surface area contributed by atoms with Gasteiger partial charge in [0, 0.05) is 26.7 Å². The third kappa shape index (κ3) is 4.42. The first kappa shape index (κ1) is 27.6. The fourth-order valence-corrected chi connectivity index (χ4v) is 7.15. The zero-order valence-corrected chi connectivity index (χ0v) is 23.3. The van der Waals surface area contributed by atoms with E-state index in [1.807, 2.05) is 66.5 Å². The highest BCUT2D eigenvalue weighted by Crippen LogP contribution is 2.58. The van der Waals surface area contributed by atoms with Crippen LogP contribution in [0, 0.1) is 11.8 Å². The molecular weight excluding hydrogens is 494 g/mol. The molecule has 4 heterocycles. The third-order valence-corrected chi connectivity index (χ3v) is 9.11. The maximum absolute atomic E-state index is 14.6. The average molecular weight is 536 g/mol. The van der Waals surface area contributed by atoms with Crippen LogP contribution in [0.15, 0.2) is 54.6 Å². The molecule has 8 heteroatoms. The third-order valence-electron chi connectivity index (χ3n) is 9.11. The number of aliphatic hydroxyl groups excluding tert-OH is 1. The van der Waals surface area contributed by atoms with E-state index < -0.39 is 35.1 Å². The highest BCUT2D eigenvalue weighted by molar-refractivity contribution is 6.00. The molecule has 8 nitrogen and oxygen atoms in total. The van der Waals surface area contributed by atoms with Gasteiger partial charge in [-0.05, 0) is 24.8 Å². The largest absolute Gasteiger partial charge is 0.394 e. The number of fused-ring (bicyclic) bond motifs is 2. The number of aliphatic hydroxyl groups is 1. The summed E-state index contributed by atoms with van der Waals surface area (Å²) in [6.45, 7) is 5.24. The quantitative estimate of drug-likeness (QED) is 0.388. The van der Waals surface area contributed by atoms with E-state index in [2.05, 4.69) is 6.92 Å². The van der Waals surface area contributed by atoms with Crippen LogP contribution < -0.4 is 0 Å². The van der Waals surface area contributed by atoms with Gasteiger partial charge in [0.05, 0.1) is 30.1 Å². The summed E-state index contributed by atoms with van der Waals surface area (Å²) in [4.78, 5) is 47.9. The maximum atomic E-state index is 14.6. The molecule has 4 aliphatic rings. The van der Waals surface area contributed by atoms with Crippen molar-refractivity contribution in [3.05, 3.63) is 60.2 Å². The Morgan fingerprint density at radius 1 is 0.974 bits per heavy atom. The normalized spacial score (nSPS) is 32.7. The van der Waals surface area contributed by atoms with Crippen LogP contribution in [-0.2, 0) is 25.5 Å². The first-order valence-electron chi connectivity index (χ1n) is 14.4. The van der Waals surface area contributed by atoms with Crippen molar-refractivity contribution in [2.24, 2.45) is 11.8 Å². The maximum Gasteiger partial charge on any atom is 0.249 e. The van der Waals surface area contributed by atoms with Crippen molar-refractivity contribution in [1.82, 2.24) is 14.7 Å². The molecule has 1 aromatic rings. The van der Waals surface area contributed by atoms with E-state index in [1.54, 1.807) is 16.8 Å². The van der Waals surface area contributed by atoms with Crippen LogP contribution in [-0.4, -0.2) is 94.1 Å². The molecule has 4 aliphatic heterocycles. The molecule has 1 N–H and O–H groups in total. The van der Waals surface area contributed by atoms with Crippen LogP contribution in [0.3, 0.4) is 0 Å². The minimum absolute atomic E-state index is 0.147. The second-order valence-electron chi connectivity index (χ2n) is 11.4. The van der Waals surface area contributed by atoms with Crippen LogP contribution >= 0.6 is 0 Å². The molecule has 0 bridgehead atoms. The molecule has 1 spiro atoms. The van der Waals surface area contributed by atoms with Gasteiger partial charge in [-0.15, -0.1) is 0 Å². The van der Waals surface area contributed by atoms with Crippen molar-refractivity contribution in [1.29, 1.82) is 0 Å². The Kier molecular flexibility index (Phi) is 7.71. The van der Waals surface area contributed by atoms with Gasteiger partial charge in [-0.3, -0.25) is 14.4 Å². The fourth-order valence-electron chi connectivity index (χ4n) is 7.15. The predicted octanol–water partition coefficient (Wildman–Crippen LogP) is 2.57. The van der Waals surface area contributed by atoms with Gasteiger partial charge in [0.1, 0.15) is 11.6 Å². The summed E-state index contributed by atoms with van der Waals surface area (Å²) < 4.78 is 6.97. The predicted molar refractivity (Wildman–Crippen MR) is 147 cm³/mol. The summed E-state index contributed by atoms with van der Waals surface area (Å²) in [5.74, 6) is -2.23. The molecule has 210 valence electrons. The summed E-state index contributed by atoms with van der Waals surface area (Å²) in [6, 6.07) is 8.09. The number of hydrogen-bond donors (Lipinski definition) is 1. The molecule has 0 saturated carbocycles. The number of nitrogens with zero attached hydrogens (tertiary/aromatic N) is 3. The first-order valence-corrected chi connectivity index (χ1v) is 14.4. The molecule has 0 aliphatic carbocycles. The summed E-state index contributed by atoms with van der Waals surface area (Å²) in [5, 5.41) is 10.6. The first-order chi connectivity index (χ1) is 18.8. The number of rotatable bonds is 9. The van der Waals surface area contributed by atoms with E-state index in [9.17, 15) is 19.5 Å². The van der Waals surface area contributed by atoms with Gasteiger partial charge in [0.25, 0.3) is 0 Å². The number of ether oxygens (including phenoxy) is 1. The number of amides is 3. The van der Waals surface area contributed by atoms with Crippen molar-refractivity contribution >= 4 is 17.7 Å². The van der Waals surface area contributed by atoms with Crippen LogP contribution in [0.25, 0.3) is 0 Å². The lowest BCUT2D eigenvalue weighted by atomic mass is 9.73. The lowest BCUT2D eigenvalue weighted by Gasteiger charge is -2.41. The Morgan fingerprint density at radius 2 is 1.72 bits per heavy atom. The zero-order valence-electron chi connectivity index (χ0n) is 23.3. The van der Waals surface area contributed by atoms with Crippen molar-refractivity contribution in [2.45, 2.75) is 69.2 Å². The molecule has 0 radical (unpaired) electrons. The van der Waals surface area contributed by atoms with Crippen LogP contribution in [0.2, 0.25) is 0 Å². The van der Waals surface area contributed by atoms with E-state index in [1.165, 1.54) is 0 Å². The monoisotopic (exact) mass is 535 g/mol. The van der Waals surface area contributed by atoms with Crippen molar-refractivity contribution in [2.75, 3.05) is 33.3 Å². The van der Waals surface area contributed by atoms with Gasteiger partial charge >= 0.3 is 0 Å². The lowest BCUT2D eigenvalue weighted by molar-refractivity contribution is -0.157. The highest BCUT2D eigenvalue weighted by atomic mass is 16.5. The Labute approximate surface area is 231 Å². The second-order valence-corrected chi connectivity index (χ2v) is 11.4.